The third-order valence-electron chi connectivity index (χ3n) is 3.39. The van der Waals surface area contributed by atoms with E-state index in [2.05, 4.69) is 4.72 Å². The van der Waals surface area contributed by atoms with Crippen LogP contribution in [0.15, 0.2) is 53.4 Å². The minimum absolute atomic E-state index is 0.0169. The Balaban J connectivity index is 2.03. The van der Waals surface area contributed by atoms with E-state index in [1.165, 1.54) is 31.4 Å². The molecule has 2 aromatic carbocycles. The van der Waals surface area contributed by atoms with Gasteiger partial charge in [-0.3, -0.25) is 4.79 Å². The quantitative estimate of drug-likeness (QED) is 0.655. The van der Waals surface area contributed by atoms with Crippen LogP contribution in [0.5, 0.6) is 5.75 Å². The lowest BCUT2D eigenvalue weighted by atomic mass is 10.2. The van der Waals surface area contributed by atoms with Crippen molar-refractivity contribution in [1.29, 1.82) is 0 Å². The van der Waals surface area contributed by atoms with Gasteiger partial charge in [-0.1, -0.05) is 18.2 Å². The molecule has 0 radical (unpaired) electrons. The van der Waals surface area contributed by atoms with Gasteiger partial charge in [0.25, 0.3) is 0 Å². The van der Waals surface area contributed by atoms with Crippen LogP contribution in [-0.2, 0) is 26.2 Å². The molecule has 9 heteroatoms. The predicted octanol–water partition coefficient (Wildman–Crippen LogP) is 0.816. The number of carbonyl (C=O) groups excluding carboxylic acids is 2. The monoisotopic (exact) mass is 378 g/mol. The molecule has 0 aliphatic heterocycles. The summed E-state index contributed by atoms with van der Waals surface area (Å²) < 4.78 is 36.3. The minimum Gasteiger partial charge on any atom is -0.496 e. The number of rotatable bonds is 8. The van der Waals surface area contributed by atoms with Crippen molar-refractivity contribution in [3.05, 3.63) is 59.7 Å². The van der Waals surface area contributed by atoms with Crippen molar-refractivity contribution in [1.82, 2.24) is 4.72 Å². The standard InChI is InChI=1S/C17H18N2O6S/c1-24-15-5-3-2-4-13(15)11-25-17(21)12-6-8-14(9-7-12)26(22,23)19-10-16(18)20/h2-9,19H,10-11H2,1H3,(H2,18,20). The van der Waals surface area contributed by atoms with Gasteiger partial charge >= 0.3 is 5.97 Å². The summed E-state index contributed by atoms with van der Waals surface area (Å²) in [5.74, 6) is -0.808. The number of nitrogens with two attached hydrogens (primary N) is 1. The van der Waals surface area contributed by atoms with E-state index in [0.29, 0.717) is 11.3 Å². The summed E-state index contributed by atoms with van der Waals surface area (Å²) in [5.41, 5.74) is 5.80. The van der Waals surface area contributed by atoms with Gasteiger partial charge in [0.2, 0.25) is 15.9 Å². The van der Waals surface area contributed by atoms with Gasteiger partial charge < -0.3 is 15.2 Å². The second kappa shape index (κ2) is 8.45. The maximum absolute atomic E-state index is 12.1. The average Bonchev–Trinajstić information content (AvgIpc) is 2.65. The second-order valence-electron chi connectivity index (χ2n) is 5.20. The first-order valence-corrected chi connectivity index (χ1v) is 8.99. The lowest BCUT2D eigenvalue weighted by Crippen LogP contribution is -2.33. The third-order valence-corrected chi connectivity index (χ3v) is 4.81. The van der Waals surface area contributed by atoms with E-state index in [1.807, 2.05) is 0 Å². The zero-order valence-corrected chi connectivity index (χ0v) is 14.8. The Labute approximate surface area is 151 Å². The molecule has 0 aromatic heterocycles. The molecule has 0 saturated heterocycles. The first-order valence-electron chi connectivity index (χ1n) is 7.50. The van der Waals surface area contributed by atoms with Crippen LogP contribution in [0.2, 0.25) is 0 Å². The van der Waals surface area contributed by atoms with Gasteiger partial charge in [-0.15, -0.1) is 0 Å². The van der Waals surface area contributed by atoms with Crippen molar-refractivity contribution in [3.63, 3.8) is 0 Å². The molecule has 138 valence electrons. The van der Waals surface area contributed by atoms with Crippen LogP contribution < -0.4 is 15.2 Å². The highest BCUT2D eigenvalue weighted by atomic mass is 32.2. The number of carbonyl (C=O) groups is 2. The number of benzene rings is 2. The van der Waals surface area contributed by atoms with Gasteiger partial charge in [0.15, 0.2) is 0 Å². The van der Waals surface area contributed by atoms with Crippen LogP contribution in [-0.4, -0.2) is 33.9 Å². The largest absolute Gasteiger partial charge is 0.496 e. The van der Waals surface area contributed by atoms with Crippen LogP contribution in [0.4, 0.5) is 0 Å². The molecule has 0 saturated carbocycles. The van der Waals surface area contributed by atoms with Gasteiger partial charge in [-0.2, -0.15) is 0 Å². The lowest BCUT2D eigenvalue weighted by molar-refractivity contribution is -0.116. The topological polar surface area (TPSA) is 125 Å². The van der Waals surface area contributed by atoms with Crippen molar-refractivity contribution < 1.29 is 27.5 Å². The number of para-hydroxylation sites is 1. The fraction of sp³-hybridized carbons (Fsp3) is 0.176. The minimum atomic E-state index is -3.88. The number of amides is 1. The highest BCUT2D eigenvalue weighted by Gasteiger charge is 2.16. The molecule has 0 bridgehead atoms. The summed E-state index contributed by atoms with van der Waals surface area (Å²) in [6.45, 7) is -0.492. The van der Waals surface area contributed by atoms with Crippen LogP contribution in [0.3, 0.4) is 0 Å². The molecule has 0 spiro atoms. The van der Waals surface area contributed by atoms with E-state index in [9.17, 15) is 18.0 Å². The van der Waals surface area contributed by atoms with Crippen LogP contribution in [0.25, 0.3) is 0 Å². The molecule has 8 nitrogen and oxygen atoms in total. The number of esters is 1. The zero-order chi connectivity index (χ0) is 19.2. The molecule has 3 N–H and O–H groups in total. The molecule has 0 aliphatic carbocycles. The number of primary amides is 1. The summed E-state index contributed by atoms with van der Waals surface area (Å²) in [5, 5.41) is 0. The predicted molar refractivity (Wildman–Crippen MR) is 92.9 cm³/mol. The van der Waals surface area contributed by atoms with E-state index >= 15 is 0 Å². The summed E-state index contributed by atoms with van der Waals surface area (Å²) in [7, 11) is -2.36. The first-order chi connectivity index (χ1) is 12.3. The Morgan fingerprint density at radius 1 is 1.08 bits per heavy atom. The Bertz CT molecular complexity index is 894. The van der Waals surface area contributed by atoms with E-state index in [4.69, 9.17) is 15.2 Å². The van der Waals surface area contributed by atoms with Crippen LogP contribution in [0, 0.1) is 0 Å². The Hall–Kier alpha value is -2.91. The maximum Gasteiger partial charge on any atom is 0.338 e. The first kappa shape index (κ1) is 19.4. The molecular formula is C17H18N2O6S. The summed E-state index contributed by atoms with van der Waals surface area (Å²) in [6, 6.07) is 12.2. The number of hydrogen-bond acceptors (Lipinski definition) is 6. The number of hydrogen-bond donors (Lipinski definition) is 2. The molecule has 2 aromatic rings. The Kier molecular flexibility index (Phi) is 6.31. The molecular weight excluding hydrogens is 360 g/mol. The van der Waals surface area contributed by atoms with Crippen LogP contribution in [0.1, 0.15) is 15.9 Å². The molecule has 0 heterocycles. The summed E-state index contributed by atoms with van der Waals surface area (Å²) in [4.78, 5) is 22.7. The van der Waals surface area contributed by atoms with Crippen LogP contribution >= 0.6 is 0 Å². The van der Waals surface area contributed by atoms with Gasteiger partial charge in [0.1, 0.15) is 12.4 Å². The average molecular weight is 378 g/mol. The molecule has 26 heavy (non-hydrogen) atoms. The summed E-state index contributed by atoms with van der Waals surface area (Å²) in [6.07, 6.45) is 0. The number of ether oxygens (including phenoxy) is 2. The molecule has 1 amide bonds. The maximum atomic E-state index is 12.1. The highest BCUT2D eigenvalue weighted by molar-refractivity contribution is 7.89. The van der Waals surface area contributed by atoms with Crippen molar-refractivity contribution >= 4 is 21.9 Å². The SMILES string of the molecule is COc1ccccc1COC(=O)c1ccc(S(=O)(=O)NCC(N)=O)cc1. The fourth-order valence-corrected chi connectivity index (χ4v) is 3.06. The van der Waals surface area contributed by atoms with Crippen molar-refractivity contribution in [2.24, 2.45) is 5.73 Å². The van der Waals surface area contributed by atoms with E-state index in [-0.39, 0.29) is 17.1 Å². The normalized spacial score (nSPS) is 11.0. The highest BCUT2D eigenvalue weighted by Crippen LogP contribution is 2.19. The van der Waals surface area contributed by atoms with E-state index in [1.54, 1.807) is 24.3 Å². The third kappa shape index (κ3) is 5.04. The van der Waals surface area contributed by atoms with Gasteiger partial charge in [-0.05, 0) is 30.3 Å². The Morgan fingerprint density at radius 2 is 1.73 bits per heavy atom. The van der Waals surface area contributed by atoms with E-state index in [0.717, 1.165) is 0 Å². The lowest BCUT2D eigenvalue weighted by Gasteiger charge is -2.09. The van der Waals surface area contributed by atoms with E-state index < -0.39 is 28.4 Å². The molecule has 0 atom stereocenters. The second-order valence-corrected chi connectivity index (χ2v) is 6.97. The Morgan fingerprint density at radius 3 is 2.35 bits per heavy atom. The van der Waals surface area contributed by atoms with Crippen molar-refractivity contribution in [2.75, 3.05) is 13.7 Å². The van der Waals surface area contributed by atoms with Gasteiger partial charge in [0, 0.05) is 5.56 Å². The molecule has 0 unspecified atom stereocenters. The van der Waals surface area contributed by atoms with Gasteiger partial charge in [0.05, 0.1) is 24.1 Å². The van der Waals surface area contributed by atoms with Crippen molar-refractivity contribution in [2.45, 2.75) is 11.5 Å². The summed E-state index contributed by atoms with van der Waals surface area (Å²) >= 11 is 0. The molecule has 2 rings (SSSR count). The number of sulfonamides is 1. The number of methoxy groups -OCH3 is 1. The number of nitrogens with one attached hydrogen (secondary N) is 1. The van der Waals surface area contributed by atoms with Gasteiger partial charge in [-0.25, -0.2) is 17.9 Å². The molecule has 0 aliphatic rings. The smallest absolute Gasteiger partial charge is 0.338 e. The fourth-order valence-electron chi connectivity index (χ4n) is 2.07. The zero-order valence-electron chi connectivity index (χ0n) is 14.0. The van der Waals surface area contributed by atoms with Crippen molar-refractivity contribution in [3.8, 4) is 5.75 Å². The molecule has 0 fully saturated rings.